The van der Waals surface area contributed by atoms with Crippen LogP contribution in [0.2, 0.25) is 0 Å². The Morgan fingerprint density at radius 3 is 2.88 bits per heavy atom. The lowest BCUT2D eigenvalue weighted by molar-refractivity contribution is -0.144. The molecule has 2 atom stereocenters. The molecule has 0 aromatic heterocycles. The maximum atomic E-state index is 11.7. The fourth-order valence-electron chi connectivity index (χ4n) is 1.42. The fourth-order valence-corrected chi connectivity index (χ4v) is 1.80. The van der Waals surface area contributed by atoms with Gasteiger partial charge in [0.05, 0.1) is 0 Å². The number of aliphatic carboxylic acids is 1. The average Bonchev–Trinajstić information content (AvgIpc) is 2.70. The molecule has 1 rings (SSSR count). The number of carboxylic acids is 1. The van der Waals surface area contributed by atoms with Crippen LogP contribution in [0.3, 0.4) is 0 Å². The highest BCUT2D eigenvalue weighted by atomic mass is 79.9. The van der Waals surface area contributed by atoms with Crippen molar-refractivity contribution in [1.29, 1.82) is 0 Å². The number of carbonyl (C=O) groups is 2. The van der Waals surface area contributed by atoms with Crippen LogP contribution >= 0.6 is 15.9 Å². The molecule has 0 aliphatic carbocycles. The van der Waals surface area contributed by atoms with Gasteiger partial charge in [-0.1, -0.05) is 24.9 Å². The van der Waals surface area contributed by atoms with Crippen LogP contribution in [0.4, 0.5) is 0 Å². The molecule has 6 nitrogen and oxygen atoms in total. The van der Waals surface area contributed by atoms with Crippen LogP contribution in [0.25, 0.3) is 0 Å². The van der Waals surface area contributed by atoms with Gasteiger partial charge in [0.1, 0.15) is 10.7 Å². The van der Waals surface area contributed by atoms with Crippen molar-refractivity contribution >= 4 is 32.4 Å². The van der Waals surface area contributed by atoms with Gasteiger partial charge in [0.15, 0.2) is 0 Å². The van der Waals surface area contributed by atoms with Gasteiger partial charge >= 0.3 is 5.97 Å². The fraction of sp³-hybridized carbons (Fsp3) is 0.700. The van der Waals surface area contributed by atoms with Gasteiger partial charge in [0, 0.05) is 6.42 Å². The third-order valence-corrected chi connectivity index (χ3v) is 2.85. The number of rotatable bonds is 6. The number of oxime groups is 1. The molecule has 0 aromatic rings. The lowest BCUT2D eigenvalue weighted by atomic mass is 10.1. The van der Waals surface area contributed by atoms with Gasteiger partial charge in [-0.05, 0) is 22.4 Å². The summed E-state index contributed by atoms with van der Waals surface area (Å²) in [4.78, 5) is 27.5. The van der Waals surface area contributed by atoms with Gasteiger partial charge in [0.2, 0.25) is 6.10 Å². The van der Waals surface area contributed by atoms with E-state index >= 15 is 0 Å². The van der Waals surface area contributed by atoms with Crippen LogP contribution < -0.4 is 5.32 Å². The SMILES string of the molecule is CCCCC(NC(=O)C1CC(Br)=NO1)C(=O)O. The number of nitrogens with one attached hydrogen (secondary N) is 1. The highest BCUT2D eigenvalue weighted by Crippen LogP contribution is 2.14. The van der Waals surface area contributed by atoms with Crippen molar-refractivity contribution in [2.75, 3.05) is 0 Å². The molecule has 1 amide bonds. The first-order valence-corrected chi connectivity index (χ1v) is 6.25. The van der Waals surface area contributed by atoms with Crippen molar-refractivity contribution in [3.05, 3.63) is 0 Å². The van der Waals surface area contributed by atoms with E-state index in [-0.39, 0.29) is 0 Å². The van der Waals surface area contributed by atoms with Gasteiger partial charge in [-0.15, -0.1) is 0 Å². The maximum absolute atomic E-state index is 11.7. The summed E-state index contributed by atoms with van der Waals surface area (Å²) in [7, 11) is 0. The highest BCUT2D eigenvalue weighted by Gasteiger charge is 2.30. The largest absolute Gasteiger partial charge is 0.480 e. The molecule has 0 radical (unpaired) electrons. The predicted molar refractivity (Wildman–Crippen MR) is 64.9 cm³/mol. The van der Waals surface area contributed by atoms with Gasteiger partial charge < -0.3 is 15.3 Å². The highest BCUT2D eigenvalue weighted by molar-refractivity contribution is 9.18. The summed E-state index contributed by atoms with van der Waals surface area (Å²) >= 11 is 3.11. The van der Waals surface area contributed by atoms with E-state index in [1.165, 1.54) is 0 Å². The normalized spacial score (nSPS) is 20.4. The zero-order chi connectivity index (χ0) is 12.8. The molecule has 0 fully saturated rings. The van der Waals surface area contributed by atoms with E-state index in [0.29, 0.717) is 17.5 Å². The van der Waals surface area contributed by atoms with E-state index in [1.54, 1.807) is 0 Å². The smallest absolute Gasteiger partial charge is 0.326 e. The van der Waals surface area contributed by atoms with E-state index in [2.05, 4.69) is 26.4 Å². The first-order chi connectivity index (χ1) is 8.04. The van der Waals surface area contributed by atoms with Crippen molar-refractivity contribution < 1.29 is 19.5 Å². The van der Waals surface area contributed by atoms with Crippen LogP contribution in [0.5, 0.6) is 0 Å². The summed E-state index contributed by atoms with van der Waals surface area (Å²) in [5, 5.41) is 15.0. The summed E-state index contributed by atoms with van der Waals surface area (Å²) in [5.74, 6) is -1.46. The number of carboxylic acid groups (broad SMARTS) is 1. The van der Waals surface area contributed by atoms with E-state index < -0.39 is 24.0 Å². The minimum Gasteiger partial charge on any atom is -0.480 e. The molecule has 2 unspecified atom stereocenters. The Kier molecular flexibility index (Phi) is 5.40. The van der Waals surface area contributed by atoms with Gasteiger partial charge in [-0.3, -0.25) is 4.79 Å². The number of carbonyl (C=O) groups excluding carboxylic acids is 1. The predicted octanol–water partition coefficient (Wildman–Crippen LogP) is 1.24. The first kappa shape index (κ1) is 14.0. The molecule has 0 aromatic carbocycles. The summed E-state index contributed by atoms with van der Waals surface area (Å²) < 4.78 is 0.554. The van der Waals surface area contributed by atoms with Crippen molar-refractivity contribution in [3.63, 3.8) is 0 Å². The summed E-state index contributed by atoms with van der Waals surface area (Å²) in [6.07, 6.45) is 1.67. The molecule has 96 valence electrons. The second kappa shape index (κ2) is 6.58. The maximum Gasteiger partial charge on any atom is 0.326 e. The van der Waals surface area contributed by atoms with E-state index in [9.17, 15) is 9.59 Å². The van der Waals surface area contributed by atoms with Crippen molar-refractivity contribution in [1.82, 2.24) is 5.32 Å². The molecule has 17 heavy (non-hydrogen) atoms. The van der Waals surface area contributed by atoms with Crippen LogP contribution in [-0.4, -0.2) is 33.7 Å². The van der Waals surface area contributed by atoms with Crippen LogP contribution in [0, 0.1) is 0 Å². The number of hydrogen-bond acceptors (Lipinski definition) is 4. The van der Waals surface area contributed by atoms with E-state index in [1.807, 2.05) is 6.92 Å². The van der Waals surface area contributed by atoms with Gasteiger partial charge in [0.25, 0.3) is 5.91 Å². The molecule has 1 heterocycles. The van der Waals surface area contributed by atoms with Crippen molar-refractivity contribution in [2.45, 2.75) is 44.8 Å². The molecule has 0 bridgehead atoms. The van der Waals surface area contributed by atoms with Crippen molar-refractivity contribution in [2.24, 2.45) is 5.16 Å². The second-order valence-corrected chi connectivity index (χ2v) is 4.72. The molecule has 1 aliphatic heterocycles. The van der Waals surface area contributed by atoms with E-state index in [4.69, 9.17) is 9.94 Å². The van der Waals surface area contributed by atoms with E-state index in [0.717, 1.165) is 12.8 Å². The molecule has 1 aliphatic rings. The molecule has 0 saturated heterocycles. The molecular weight excluding hydrogens is 292 g/mol. The monoisotopic (exact) mass is 306 g/mol. The summed E-state index contributed by atoms with van der Waals surface area (Å²) in [5.41, 5.74) is 0. The minimum absolute atomic E-state index is 0.339. The lowest BCUT2D eigenvalue weighted by Crippen LogP contribution is -2.45. The number of halogens is 1. The Hall–Kier alpha value is -1.11. The van der Waals surface area contributed by atoms with Gasteiger partial charge in [-0.25, -0.2) is 4.79 Å². The van der Waals surface area contributed by atoms with Gasteiger partial charge in [-0.2, -0.15) is 0 Å². The number of hydrogen-bond donors (Lipinski definition) is 2. The van der Waals surface area contributed by atoms with Crippen molar-refractivity contribution in [3.8, 4) is 0 Å². The minimum atomic E-state index is -1.02. The standard InChI is InChI=1S/C10H15BrN2O4/c1-2-3-4-6(10(15)16)12-9(14)7-5-8(11)13-17-7/h6-7H,2-5H2,1H3,(H,12,14)(H,15,16). The lowest BCUT2D eigenvalue weighted by Gasteiger charge is -2.16. The zero-order valence-corrected chi connectivity index (χ0v) is 11.1. The Morgan fingerprint density at radius 2 is 2.41 bits per heavy atom. The average molecular weight is 307 g/mol. The van der Waals surface area contributed by atoms with Crippen LogP contribution in [-0.2, 0) is 14.4 Å². The summed E-state index contributed by atoms with van der Waals surface area (Å²) in [6, 6.07) is -0.856. The number of nitrogens with zero attached hydrogens (tertiary/aromatic N) is 1. The Morgan fingerprint density at radius 1 is 1.71 bits per heavy atom. The topological polar surface area (TPSA) is 88.0 Å². The van der Waals surface area contributed by atoms with Crippen LogP contribution in [0.15, 0.2) is 5.16 Å². The number of amides is 1. The number of unbranched alkanes of at least 4 members (excludes halogenated alkanes) is 1. The first-order valence-electron chi connectivity index (χ1n) is 5.46. The third-order valence-electron chi connectivity index (χ3n) is 2.39. The Bertz CT molecular complexity index is 332. The molecular formula is C10H15BrN2O4. The van der Waals surface area contributed by atoms with Crippen LogP contribution in [0.1, 0.15) is 32.6 Å². The molecule has 7 heteroatoms. The molecule has 0 saturated carbocycles. The summed E-state index contributed by atoms with van der Waals surface area (Å²) in [6.45, 7) is 1.96. The zero-order valence-electron chi connectivity index (χ0n) is 9.48. The molecule has 2 N–H and O–H groups in total. The molecule has 0 spiro atoms. The quantitative estimate of drug-likeness (QED) is 0.773. The Labute approximate surface area is 108 Å². The Balaban J connectivity index is 2.44. The second-order valence-electron chi connectivity index (χ2n) is 3.81. The third kappa shape index (κ3) is 4.33.